The predicted molar refractivity (Wildman–Crippen MR) is 76.2 cm³/mol. The van der Waals surface area contributed by atoms with Crippen molar-refractivity contribution in [2.75, 3.05) is 5.32 Å². The SMILES string of the molecule is O=C(O)c1ccc(Nc2ccc3ncccc3c2)cn1. The average Bonchev–Trinajstić information content (AvgIpc) is 2.48. The van der Waals surface area contributed by atoms with E-state index >= 15 is 0 Å². The number of nitrogens with zero attached hydrogens (tertiary/aromatic N) is 2. The van der Waals surface area contributed by atoms with Gasteiger partial charge >= 0.3 is 5.97 Å². The Bertz CT molecular complexity index is 769. The number of hydrogen-bond donors (Lipinski definition) is 2. The largest absolute Gasteiger partial charge is 0.477 e. The topological polar surface area (TPSA) is 75.1 Å². The average molecular weight is 265 g/mol. The van der Waals surface area contributed by atoms with Crippen LogP contribution >= 0.6 is 0 Å². The van der Waals surface area contributed by atoms with Gasteiger partial charge in [-0.15, -0.1) is 0 Å². The van der Waals surface area contributed by atoms with Gasteiger partial charge in [0.1, 0.15) is 5.69 Å². The quantitative estimate of drug-likeness (QED) is 0.761. The minimum absolute atomic E-state index is 0.0262. The fraction of sp³-hybridized carbons (Fsp3) is 0. The van der Waals surface area contributed by atoms with E-state index in [0.717, 1.165) is 22.3 Å². The summed E-state index contributed by atoms with van der Waals surface area (Å²) in [5.41, 5.74) is 2.59. The molecule has 3 rings (SSSR count). The third kappa shape index (κ3) is 2.42. The summed E-state index contributed by atoms with van der Waals surface area (Å²) in [7, 11) is 0. The van der Waals surface area contributed by atoms with Gasteiger partial charge in [0.15, 0.2) is 0 Å². The number of aromatic carboxylic acids is 1. The van der Waals surface area contributed by atoms with Crippen LogP contribution in [0.5, 0.6) is 0 Å². The normalized spacial score (nSPS) is 10.4. The van der Waals surface area contributed by atoms with E-state index in [-0.39, 0.29) is 5.69 Å². The Morgan fingerprint density at radius 3 is 2.65 bits per heavy atom. The molecule has 0 spiro atoms. The van der Waals surface area contributed by atoms with E-state index in [4.69, 9.17) is 5.11 Å². The molecule has 0 unspecified atom stereocenters. The summed E-state index contributed by atoms with van der Waals surface area (Å²) in [4.78, 5) is 18.8. The molecular formula is C15H11N3O2. The number of carboxylic acids is 1. The van der Waals surface area contributed by atoms with Crippen LogP contribution in [-0.4, -0.2) is 21.0 Å². The summed E-state index contributed by atoms with van der Waals surface area (Å²) in [5, 5.41) is 13.0. The zero-order valence-corrected chi connectivity index (χ0v) is 10.4. The minimum Gasteiger partial charge on any atom is -0.477 e. The molecule has 3 aromatic rings. The van der Waals surface area contributed by atoms with Crippen LogP contribution in [0, 0.1) is 0 Å². The van der Waals surface area contributed by atoms with Crippen molar-refractivity contribution in [2.45, 2.75) is 0 Å². The fourth-order valence-corrected chi connectivity index (χ4v) is 1.91. The Labute approximate surface area is 114 Å². The molecular weight excluding hydrogens is 254 g/mol. The van der Waals surface area contributed by atoms with Gasteiger partial charge in [0.05, 0.1) is 17.4 Å². The van der Waals surface area contributed by atoms with Crippen LogP contribution in [0.15, 0.2) is 54.9 Å². The van der Waals surface area contributed by atoms with Crippen LogP contribution in [0.4, 0.5) is 11.4 Å². The molecule has 0 aliphatic rings. The highest BCUT2D eigenvalue weighted by Crippen LogP contribution is 2.20. The molecule has 0 saturated carbocycles. The van der Waals surface area contributed by atoms with E-state index in [1.165, 1.54) is 12.3 Å². The van der Waals surface area contributed by atoms with E-state index in [0.29, 0.717) is 0 Å². The van der Waals surface area contributed by atoms with Crippen LogP contribution < -0.4 is 5.32 Å². The first-order valence-corrected chi connectivity index (χ1v) is 6.03. The maximum atomic E-state index is 10.7. The maximum absolute atomic E-state index is 10.7. The van der Waals surface area contributed by atoms with Crippen LogP contribution in [0.2, 0.25) is 0 Å². The first kappa shape index (κ1) is 12.1. The van der Waals surface area contributed by atoms with Gasteiger partial charge in [-0.25, -0.2) is 9.78 Å². The Balaban J connectivity index is 1.87. The van der Waals surface area contributed by atoms with Gasteiger partial charge in [-0.1, -0.05) is 6.07 Å². The van der Waals surface area contributed by atoms with Gasteiger partial charge in [-0.05, 0) is 36.4 Å². The van der Waals surface area contributed by atoms with Crippen LogP contribution in [0.1, 0.15) is 10.5 Å². The Morgan fingerprint density at radius 2 is 1.90 bits per heavy atom. The second kappa shape index (κ2) is 4.97. The van der Waals surface area contributed by atoms with Gasteiger partial charge in [-0.2, -0.15) is 0 Å². The number of benzene rings is 1. The van der Waals surface area contributed by atoms with Gasteiger partial charge in [0.2, 0.25) is 0 Å². The van der Waals surface area contributed by atoms with Gasteiger partial charge in [0.25, 0.3) is 0 Å². The summed E-state index contributed by atoms with van der Waals surface area (Å²) in [6, 6.07) is 12.8. The van der Waals surface area contributed by atoms with Crippen molar-refractivity contribution in [3.63, 3.8) is 0 Å². The van der Waals surface area contributed by atoms with Crippen LogP contribution in [0.3, 0.4) is 0 Å². The van der Waals surface area contributed by atoms with Crippen molar-refractivity contribution < 1.29 is 9.90 Å². The molecule has 0 amide bonds. The number of rotatable bonds is 3. The highest BCUT2D eigenvalue weighted by atomic mass is 16.4. The van der Waals surface area contributed by atoms with Gasteiger partial charge in [-0.3, -0.25) is 4.98 Å². The summed E-state index contributed by atoms with van der Waals surface area (Å²) >= 11 is 0. The standard InChI is InChI=1S/C15H11N3O2/c19-15(20)14-6-4-12(9-17-14)18-11-3-5-13-10(8-11)2-1-7-16-13/h1-9,18H,(H,19,20). The minimum atomic E-state index is -1.03. The van der Waals surface area contributed by atoms with Crippen LogP contribution in [0.25, 0.3) is 10.9 Å². The highest BCUT2D eigenvalue weighted by molar-refractivity contribution is 5.86. The third-order valence-corrected chi connectivity index (χ3v) is 2.87. The van der Waals surface area contributed by atoms with E-state index < -0.39 is 5.97 Å². The third-order valence-electron chi connectivity index (χ3n) is 2.87. The molecule has 0 radical (unpaired) electrons. The van der Waals surface area contributed by atoms with E-state index in [2.05, 4.69) is 15.3 Å². The second-order valence-corrected chi connectivity index (χ2v) is 4.27. The second-order valence-electron chi connectivity index (χ2n) is 4.27. The monoisotopic (exact) mass is 265 g/mol. The first-order valence-electron chi connectivity index (χ1n) is 6.03. The van der Waals surface area contributed by atoms with Crippen molar-refractivity contribution in [3.8, 4) is 0 Å². The molecule has 2 N–H and O–H groups in total. The fourth-order valence-electron chi connectivity index (χ4n) is 1.91. The Hall–Kier alpha value is -2.95. The summed E-state index contributed by atoms with van der Waals surface area (Å²) in [6.07, 6.45) is 3.25. The Kier molecular flexibility index (Phi) is 3.01. The van der Waals surface area contributed by atoms with E-state index in [1.54, 1.807) is 12.3 Å². The number of carboxylic acid groups (broad SMARTS) is 1. The lowest BCUT2D eigenvalue weighted by Gasteiger charge is -2.07. The lowest BCUT2D eigenvalue weighted by Crippen LogP contribution is -2.00. The number of anilines is 2. The predicted octanol–water partition coefficient (Wildman–Crippen LogP) is 3.07. The number of fused-ring (bicyclic) bond motifs is 1. The molecule has 98 valence electrons. The smallest absolute Gasteiger partial charge is 0.354 e. The highest BCUT2D eigenvalue weighted by Gasteiger charge is 2.04. The maximum Gasteiger partial charge on any atom is 0.354 e. The molecule has 2 aromatic heterocycles. The molecule has 0 atom stereocenters. The molecule has 1 aromatic carbocycles. The molecule has 0 aliphatic carbocycles. The summed E-state index contributed by atoms with van der Waals surface area (Å²) in [6.45, 7) is 0. The lowest BCUT2D eigenvalue weighted by molar-refractivity contribution is 0.0690. The van der Waals surface area contributed by atoms with Crippen molar-refractivity contribution in [2.24, 2.45) is 0 Å². The molecule has 5 nitrogen and oxygen atoms in total. The molecule has 5 heteroatoms. The zero-order valence-electron chi connectivity index (χ0n) is 10.4. The Morgan fingerprint density at radius 1 is 1.05 bits per heavy atom. The van der Waals surface area contributed by atoms with Gasteiger partial charge < -0.3 is 10.4 Å². The first-order chi connectivity index (χ1) is 9.72. The van der Waals surface area contributed by atoms with Crippen molar-refractivity contribution in [3.05, 3.63) is 60.6 Å². The number of carbonyl (C=O) groups is 1. The van der Waals surface area contributed by atoms with E-state index in [1.807, 2.05) is 30.3 Å². The number of hydrogen-bond acceptors (Lipinski definition) is 4. The number of aromatic nitrogens is 2. The molecule has 2 heterocycles. The van der Waals surface area contributed by atoms with Crippen LogP contribution in [-0.2, 0) is 0 Å². The van der Waals surface area contributed by atoms with Crippen molar-refractivity contribution in [1.29, 1.82) is 0 Å². The summed E-state index contributed by atoms with van der Waals surface area (Å²) in [5.74, 6) is -1.03. The number of nitrogens with one attached hydrogen (secondary N) is 1. The summed E-state index contributed by atoms with van der Waals surface area (Å²) < 4.78 is 0. The number of pyridine rings is 2. The molecule has 0 aliphatic heterocycles. The molecule has 0 saturated heterocycles. The van der Waals surface area contributed by atoms with Crippen molar-refractivity contribution in [1.82, 2.24) is 9.97 Å². The lowest BCUT2D eigenvalue weighted by atomic mass is 10.2. The zero-order chi connectivity index (χ0) is 13.9. The van der Waals surface area contributed by atoms with Crippen molar-refractivity contribution >= 4 is 28.2 Å². The van der Waals surface area contributed by atoms with E-state index in [9.17, 15) is 4.79 Å². The molecule has 0 bridgehead atoms. The molecule has 20 heavy (non-hydrogen) atoms. The molecule has 0 fully saturated rings. The van der Waals surface area contributed by atoms with Gasteiger partial charge in [0, 0.05) is 17.3 Å².